The number of carbonyl (C=O) groups is 2. The SMILES string of the molecule is COC(=O)c1cccc(CC(C)=O)c1N. The lowest BCUT2D eigenvalue weighted by Crippen LogP contribution is -2.09. The minimum absolute atomic E-state index is 0.00344. The molecule has 4 nitrogen and oxygen atoms in total. The van der Waals surface area contributed by atoms with E-state index in [4.69, 9.17) is 5.73 Å². The Labute approximate surface area is 88.0 Å². The topological polar surface area (TPSA) is 69.4 Å². The van der Waals surface area contributed by atoms with Crippen LogP contribution in [0.1, 0.15) is 22.8 Å². The molecule has 80 valence electrons. The second-order valence-electron chi connectivity index (χ2n) is 3.25. The van der Waals surface area contributed by atoms with Crippen LogP contribution in [0.5, 0.6) is 0 Å². The molecule has 0 aliphatic carbocycles. The molecule has 2 N–H and O–H groups in total. The molecular formula is C11H13NO3. The smallest absolute Gasteiger partial charge is 0.339 e. The van der Waals surface area contributed by atoms with E-state index in [2.05, 4.69) is 4.74 Å². The molecule has 0 bridgehead atoms. The van der Waals surface area contributed by atoms with Gasteiger partial charge in [0, 0.05) is 12.1 Å². The van der Waals surface area contributed by atoms with Crippen molar-refractivity contribution in [1.82, 2.24) is 0 Å². The molecule has 0 heterocycles. The van der Waals surface area contributed by atoms with Gasteiger partial charge in [0.2, 0.25) is 0 Å². The van der Waals surface area contributed by atoms with Crippen molar-refractivity contribution < 1.29 is 14.3 Å². The predicted molar refractivity (Wildman–Crippen MR) is 56.6 cm³/mol. The molecule has 0 radical (unpaired) electrons. The highest BCUT2D eigenvalue weighted by Gasteiger charge is 2.13. The molecule has 1 aromatic rings. The third kappa shape index (κ3) is 2.56. The number of hydrogen-bond donors (Lipinski definition) is 1. The summed E-state index contributed by atoms with van der Waals surface area (Å²) in [7, 11) is 1.29. The summed E-state index contributed by atoms with van der Waals surface area (Å²) in [6.07, 6.45) is 0.233. The second-order valence-corrected chi connectivity index (χ2v) is 3.25. The van der Waals surface area contributed by atoms with Gasteiger partial charge < -0.3 is 10.5 Å². The highest BCUT2D eigenvalue weighted by Crippen LogP contribution is 2.19. The fraction of sp³-hybridized carbons (Fsp3) is 0.273. The fourth-order valence-electron chi connectivity index (χ4n) is 1.32. The van der Waals surface area contributed by atoms with Crippen LogP contribution in [0.25, 0.3) is 0 Å². The molecule has 0 unspecified atom stereocenters. The van der Waals surface area contributed by atoms with Gasteiger partial charge in [-0.1, -0.05) is 12.1 Å². The molecule has 0 spiro atoms. The van der Waals surface area contributed by atoms with Gasteiger partial charge in [-0.25, -0.2) is 4.79 Å². The van der Waals surface area contributed by atoms with E-state index in [0.29, 0.717) is 16.8 Å². The summed E-state index contributed by atoms with van der Waals surface area (Å²) in [6, 6.07) is 4.98. The molecule has 0 aromatic heterocycles. The quantitative estimate of drug-likeness (QED) is 0.597. The number of methoxy groups -OCH3 is 1. The zero-order chi connectivity index (χ0) is 11.4. The number of Topliss-reactive ketones (excluding diaryl/α,β-unsaturated/α-hetero) is 1. The van der Waals surface area contributed by atoms with Crippen molar-refractivity contribution in [2.24, 2.45) is 0 Å². The lowest BCUT2D eigenvalue weighted by molar-refractivity contribution is -0.116. The maximum Gasteiger partial charge on any atom is 0.339 e. The van der Waals surface area contributed by atoms with Gasteiger partial charge in [-0.05, 0) is 18.6 Å². The minimum Gasteiger partial charge on any atom is -0.465 e. The molecule has 0 aliphatic rings. The molecule has 1 rings (SSSR count). The van der Waals surface area contributed by atoms with Crippen LogP contribution < -0.4 is 5.73 Å². The standard InChI is InChI=1S/C11H13NO3/c1-7(13)6-8-4-3-5-9(10(8)12)11(14)15-2/h3-5H,6,12H2,1-2H3. The summed E-state index contributed by atoms with van der Waals surface area (Å²) in [5.74, 6) is -0.485. The third-order valence-corrected chi connectivity index (χ3v) is 2.04. The average molecular weight is 207 g/mol. The van der Waals surface area contributed by atoms with Crippen LogP contribution in [0.2, 0.25) is 0 Å². The van der Waals surface area contributed by atoms with Crippen molar-refractivity contribution in [3.8, 4) is 0 Å². The maximum absolute atomic E-state index is 11.3. The van der Waals surface area contributed by atoms with Gasteiger partial charge in [-0.3, -0.25) is 4.79 Å². The number of carbonyl (C=O) groups excluding carboxylic acids is 2. The van der Waals surface area contributed by atoms with E-state index in [9.17, 15) is 9.59 Å². The van der Waals surface area contributed by atoms with Crippen LogP contribution in [0.15, 0.2) is 18.2 Å². The lowest BCUT2D eigenvalue weighted by atomic mass is 10.0. The predicted octanol–water partition coefficient (Wildman–Crippen LogP) is 1.19. The fourth-order valence-corrected chi connectivity index (χ4v) is 1.32. The molecule has 0 amide bonds. The Balaban J connectivity index is 3.11. The Morgan fingerprint density at radius 2 is 2.07 bits per heavy atom. The van der Waals surface area contributed by atoms with Crippen molar-refractivity contribution in [1.29, 1.82) is 0 Å². The number of rotatable bonds is 3. The van der Waals surface area contributed by atoms with Gasteiger partial charge in [0.15, 0.2) is 0 Å². The van der Waals surface area contributed by atoms with E-state index in [-0.39, 0.29) is 12.2 Å². The molecule has 0 aliphatic heterocycles. The number of anilines is 1. The Morgan fingerprint density at radius 1 is 1.40 bits per heavy atom. The van der Waals surface area contributed by atoms with Gasteiger partial charge in [-0.15, -0.1) is 0 Å². The molecule has 4 heteroatoms. The van der Waals surface area contributed by atoms with E-state index >= 15 is 0 Å². The first kappa shape index (κ1) is 11.2. The van der Waals surface area contributed by atoms with Crippen molar-refractivity contribution in [3.63, 3.8) is 0 Å². The normalized spacial score (nSPS) is 9.73. The summed E-state index contributed by atoms with van der Waals surface area (Å²) in [5.41, 5.74) is 7.03. The van der Waals surface area contributed by atoms with Crippen molar-refractivity contribution in [2.75, 3.05) is 12.8 Å². The van der Waals surface area contributed by atoms with Crippen LogP contribution in [-0.2, 0) is 16.0 Å². The van der Waals surface area contributed by atoms with E-state index in [1.165, 1.54) is 14.0 Å². The summed E-state index contributed by atoms with van der Waals surface area (Å²) < 4.78 is 4.57. The Kier molecular flexibility index (Phi) is 3.44. The Bertz CT molecular complexity index is 399. The van der Waals surface area contributed by atoms with E-state index in [1.54, 1.807) is 18.2 Å². The van der Waals surface area contributed by atoms with Gasteiger partial charge in [0.1, 0.15) is 5.78 Å². The molecule has 1 aromatic carbocycles. The van der Waals surface area contributed by atoms with Crippen molar-refractivity contribution >= 4 is 17.4 Å². The van der Waals surface area contributed by atoms with Crippen molar-refractivity contribution in [2.45, 2.75) is 13.3 Å². The monoisotopic (exact) mass is 207 g/mol. The first-order chi connectivity index (χ1) is 7.06. The first-order valence-corrected chi connectivity index (χ1v) is 4.51. The third-order valence-electron chi connectivity index (χ3n) is 2.04. The molecular weight excluding hydrogens is 194 g/mol. The maximum atomic E-state index is 11.3. The van der Waals surface area contributed by atoms with Gasteiger partial charge in [0.05, 0.1) is 12.7 Å². The van der Waals surface area contributed by atoms with E-state index in [1.807, 2.05) is 0 Å². The Morgan fingerprint density at radius 3 is 2.60 bits per heavy atom. The van der Waals surface area contributed by atoms with Crippen LogP contribution in [0, 0.1) is 0 Å². The number of para-hydroxylation sites is 1. The number of ketones is 1. The average Bonchev–Trinajstić information content (AvgIpc) is 2.19. The molecule has 0 saturated heterocycles. The minimum atomic E-state index is -0.488. The molecule has 0 fully saturated rings. The second kappa shape index (κ2) is 4.59. The zero-order valence-electron chi connectivity index (χ0n) is 8.74. The van der Waals surface area contributed by atoms with Gasteiger partial charge in [-0.2, -0.15) is 0 Å². The Hall–Kier alpha value is -1.84. The summed E-state index contributed by atoms with van der Waals surface area (Å²) >= 11 is 0. The van der Waals surface area contributed by atoms with Crippen LogP contribution in [0.3, 0.4) is 0 Å². The zero-order valence-corrected chi connectivity index (χ0v) is 8.74. The van der Waals surface area contributed by atoms with Crippen molar-refractivity contribution in [3.05, 3.63) is 29.3 Å². The van der Waals surface area contributed by atoms with Gasteiger partial charge in [0.25, 0.3) is 0 Å². The highest BCUT2D eigenvalue weighted by molar-refractivity contribution is 5.96. The van der Waals surface area contributed by atoms with E-state index in [0.717, 1.165) is 0 Å². The number of nitrogens with two attached hydrogens (primary N) is 1. The number of hydrogen-bond acceptors (Lipinski definition) is 4. The van der Waals surface area contributed by atoms with Gasteiger partial charge >= 0.3 is 5.97 Å². The number of ether oxygens (including phenoxy) is 1. The van der Waals surface area contributed by atoms with Crippen LogP contribution >= 0.6 is 0 Å². The number of esters is 1. The molecule has 0 saturated carbocycles. The van der Waals surface area contributed by atoms with Crippen LogP contribution in [-0.4, -0.2) is 18.9 Å². The number of nitrogen functional groups attached to an aromatic ring is 1. The first-order valence-electron chi connectivity index (χ1n) is 4.51. The summed E-state index contributed by atoms with van der Waals surface area (Å²) in [6.45, 7) is 1.48. The molecule has 0 atom stereocenters. The summed E-state index contributed by atoms with van der Waals surface area (Å²) in [4.78, 5) is 22.2. The lowest BCUT2D eigenvalue weighted by Gasteiger charge is -2.07. The summed E-state index contributed by atoms with van der Waals surface area (Å²) in [5, 5.41) is 0. The highest BCUT2D eigenvalue weighted by atomic mass is 16.5. The van der Waals surface area contributed by atoms with Crippen LogP contribution in [0.4, 0.5) is 5.69 Å². The van der Waals surface area contributed by atoms with E-state index < -0.39 is 5.97 Å². The number of benzene rings is 1. The molecule has 15 heavy (non-hydrogen) atoms. The largest absolute Gasteiger partial charge is 0.465 e.